The Morgan fingerprint density at radius 3 is 2.52 bits per heavy atom. The SMILES string of the molecule is COc1cc(Cc2sc(=O)[nH]c2O)ccc1Oc1ccc(CC2COC(=O)N2C)cc1. The lowest BCUT2D eigenvalue weighted by molar-refractivity contribution is 0.163. The first-order valence-electron chi connectivity index (χ1n) is 9.67. The van der Waals surface area contributed by atoms with Crippen molar-refractivity contribution in [3.05, 3.63) is 68.1 Å². The van der Waals surface area contributed by atoms with Crippen molar-refractivity contribution in [2.75, 3.05) is 20.8 Å². The lowest BCUT2D eigenvalue weighted by Gasteiger charge is -2.16. The number of rotatable bonds is 7. The molecular weight excluding hydrogens is 420 g/mol. The molecule has 1 amide bonds. The number of hydrogen-bond acceptors (Lipinski definition) is 7. The number of amides is 1. The van der Waals surface area contributed by atoms with Gasteiger partial charge in [-0.2, -0.15) is 0 Å². The molecule has 1 fully saturated rings. The van der Waals surface area contributed by atoms with Crippen molar-refractivity contribution >= 4 is 17.4 Å². The van der Waals surface area contributed by atoms with E-state index in [1.807, 2.05) is 36.4 Å². The van der Waals surface area contributed by atoms with Crippen molar-refractivity contribution in [2.45, 2.75) is 18.9 Å². The molecule has 1 aliphatic rings. The van der Waals surface area contributed by atoms with E-state index >= 15 is 0 Å². The predicted octanol–water partition coefficient (Wildman–Crippen LogP) is 3.53. The van der Waals surface area contributed by atoms with Gasteiger partial charge in [-0.05, 0) is 41.8 Å². The smallest absolute Gasteiger partial charge is 0.409 e. The molecule has 0 radical (unpaired) electrons. The molecule has 2 aromatic carbocycles. The Kier molecular flexibility index (Phi) is 5.85. The van der Waals surface area contributed by atoms with Gasteiger partial charge in [0.1, 0.15) is 12.4 Å². The average molecular weight is 442 g/mol. The van der Waals surface area contributed by atoms with Crippen LogP contribution in [-0.2, 0) is 17.6 Å². The van der Waals surface area contributed by atoms with Crippen LogP contribution in [0.3, 0.4) is 0 Å². The highest BCUT2D eigenvalue weighted by Crippen LogP contribution is 2.34. The Morgan fingerprint density at radius 2 is 1.90 bits per heavy atom. The highest BCUT2D eigenvalue weighted by molar-refractivity contribution is 7.09. The molecule has 1 unspecified atom stereocenters. The molecule has 1 aliphatic heterocycles. The van der Waals surface area contributed by atoms with Gasteiger partial charge in [0.2, 0.25) is 5.88 Å². The van der Waals surface area contributed by atoms with E-state index in [4.69, 9.17) is 14.2 Å². The summed E-state index contributed by atoms with van der Waals surface area (Å²) >= 11 is 0.979. The van der Waals surface area contributed by atoms with Crippen LogP contribution in [-0.4, -0.2) is 47.9 Å². The number of thiazole rings is 1. The van der Waals surface area contributed by atoms with Crippen LogP contribution in [0.5, 0.6) is 23.1 Å². The first kappa shape index (κ1) is 20.8. The summed E-state index contributed by atoms with van der Waals surface area (Å²) < 4.78 is 16.5. The summed E-state index contributed by atoms with van der Waals surface area (Å²) in [6.45, 7) is 0.397. The highest BCUT2D eigenvalue weighted by atomic mass is 32.1. The van der Waals surface area contributed by atoms with Gasteiger partial charge in [0.05, 0.1) is 18.0 Å². The van der Waals surface area contributed by atoms with Gasteiger partial charge in [-0.25, -0.2) is 4.79 Å². The standard InChI is InChI=1S/C22H22N2O6S/c1-24-15(12-29-22(24)27)9-13-3-6-16(7-4-13)30-17-8-5-14(10-18(17)28-2)11-19-20(25)23-21(26)31-19/h3-8,10,15,25H,9,11-12H2,1-2H3,(H,23,26). The quantitative estimate of drug-likeness (QED) is 0.581. The lowest BCUT2D eigenvalue weighted by atomic mass is 10.1. The minimum atomic E-state index is -0.290. The number of nitrogens with zero attached hydrogens (tertiary/aromatic N) is 1. The van der Waals surface area contributed by atoms with Crippen molar-refractivity contribution in [2.24, 2.45) is 0 Å². The predicted molar refractivity (Wildman–Crippen MR) is 116 cm³/mol. The van der Waals surface area contributed by atoms with Crippen LogP contribution in [0.25, 0.3) is 0 Å². The minimum absolute atomic E-state index is 0.0324. The molecule has 3 aromatic rings. The number of aromatic hydroxyl groups is 1. The largest absolute Gasteiger partial charge is 0.494 e. The molecule has 8 nitrogen and oxygen atoms in total. The first-order chi connectivity index (χ1) is 14.9. The molecule has 1 aromatic heterocycles. The summed E-state index contributed by atoms with van der Waals surface area (Å²) in [5, 5.41) is 9.78. The van der Waals surface area contributed by atoms with Gasteiger partial charge < -0.3 is 24.2 Å². The zero-order valence-electron chi connectivity index (χ0n) is 17.1. The number of carbonyl (C=O) groups excluding carboxylic acids is 1. The molecule has 0 bridgehead atoms. The summed E-state index contributed by atoms with van der Waals surface area (Å²) in [4.78, 5) is 27.1. The topological polar surface area (TPSA) is 101 Å². The molecule has 1 atom stereocenters. The van der Waals surface area contributed by atoms with Crippen LogP contribution in [0.1, 0.15) is 16.0 Å². The van der Waals surface area contributed by atoms with Gasteiger partial charge in [-0.3, -0.25) is 9.78 Å². The van der Waals surface area contributed by atoms with Crippen LogP contribution in [0.4, 0.5) is 4.79 Å². The number of aromatic amines is 1. The number of hydrogen-bond donors (Lipinski definition) is 2. The van der Waals surface area contributed by atoms with E-state index in [2.05, 4.69) is 4.98 Å². The van der Waals surface area contributed by atoms with Gasteiger partial charge in [0.15, 0.2) is 11.5 Å². The second kappa shape index (κ2) is 8.73. The zero-order valence-corrected chi connectivity index (χ0v) is 17.9. The Balaban J connectivity index is 1.44. The average Bonchev–Trinajstić information content (AvgIpc) is 3.25. The second-order valence-corrected chi connectivity index (χ2v) is 8.31. The van der Waals surface area contributed by atoms with Gasteiger partial charge in [0.25, 0.3) is 0 Å². The highest BCUT2D eigenvalue weighted by Gasteiger charge is 2.29. The summed E-state index contributed by atoms with van der Waals surface area (Å²) in [7, 11) is 3.30. The van der Waals surface area contributed by atoms with E-state index in [0.29, 0.717) is 41.6 Å². The molecule has 31 heavy (non-hydrogen) atoms. The maximum atomic E-state index is 11.5. The summed E-state index contributed by atoms with van der Waals surface area (Å²) in [6, 6.07) is 13.2. The third-order valence-corrected chi connectivity index (χ3v) is 6.02. The first-order valence-corrected chi connectivity index (χ1v) is 10.5. The van der Waals surface area contributed by atoms with Crippen molar-refractivity contribution < 1.29 is 24.1 Å². The number of ether oxygens (including phenoxy) is 3. The minimum Gasteiger partial charge on any atom is -0.494 e. The number of carbonyl (C=O) groups is 1. The van der Waals surface area contributed by atoms with Gasteiger partial charge in [-0.1, -0.05) is 29.5 Å². The van der Waals surface area contributed by atoms with Crippen LogP contribution < -0.4 is 14.3 Å². The molecule has 9 heteroatoms. The van der Waals surface area contributed by atoms with E-state index in [-0.39, 0.29) is 22.9 Å². The Morgan fingerprint density at radius 1 is 1.16 bits per heavy atom. The normalized spacial score (nSPS) is 15.7. The molecule has 0 spiro atoms. The van der Waals surface area contributed by atoms with E-state index in [1.165, 1.54) is 0 Å². The van der Waals surface area contributed by atoms with Crippen molar-refractivity contribution in [1.29, 1.82) is 0 Å². The van der Waals surface area contributed by atoms with Gasteiger partial charge in [-0.15, -0.1) is 0 Å². The number of nitrogens with one attached hydrogen (secondary N) is 1. The molecule has 0 aliphatic carbocycles. The van der Waals surface area contributed by atoms with Crippen molar-refractivity contribution in [3.63, 3.8) is 0 Å². The van der Waals surface area contributed by atoms with E-state index in [0.717, 1.165) is 22.5 Å². The fraction of sp³-hybridized carbons (Fsp3) is 0.273. The third-order valence-electron chi connectivity index (χ3n) is 5.15. The fourth-order valence-electron chi connectivity index (χ4n) is 3.38. The second-order valence-electron chi connectivity index (χ2n) is 7.24. The van der Waals surface area contributed by atoms with E-state index < -0.39 is 0 Å². The van der Waals surface area contributed by atoms with E-state index in [9.17, 15) is 14.7 Å². The summed E-state index contributed by atoms with van der Waals surface area (Å²) in [6.07, 6.45) is 0.822. The number of aromatic nitrogens is 1. The molecular formula is C22H22N2O6S. The van der Waals surface area contributed by atoms with E-state index in [1.54, 1.807) is 25.1 Å². The number of benzene rings is 2. The summed E-state index contributed by atoms with van der Waals surface area (Å²) in [5.74, 6) is 1.66. The van der Waals surface area contributed by atoms with Gasteiger partial charge >= 0.3 is 11.0 Å². The maximum Gasteiger partial charge on any atom is 0.409 e. The number of methoxy groups -OCH3 is 1. The number of H-pyrrole nitrogens is 1. The third kappa shape index (κ3) is 4.66. The fourth-order valence-corrected chi connectivity index (χ4v) is 4.14. The Hall–Kier alpha value is -3.46. The van der Waals surface area contributed by atoms with Gasteiger partial charge in [0, 0.05) is 13.5 Å². The molecule has 0 saturated carbocycles. The molecule has 162 valence electrons. The molecule has 2 N–H and O–H groups in total. The van der Waals surface area contributed by atoms with Crippen LogP contribution in [0.15, 0.2) is 47.3 Å². The monoisotopic (exact) mass is 442 g/mol. The Bertz CT molecular complexity index is 1140. The Labute approximate surface area is 182 Å². The number of likely N-dealkylation sites (N-methyl/N-ethyl adjacent to an activating group) is 1. The van der Waals surface area contributed by atoms with Crippen LogP contribution in [0.2, 0.25) is 0 Å². The molecule has 4 rings (SSSR count). The molecule has 2 heterocycles. The zero-order chi connectivity index (χ0) is 22.0. The summed E-state index contributed by atoms with van der Waals surface area (Å²) in [5.41, 5.74) is 1.96. The van der Waals surface area contributed by atoms with Crippen LogP contribution >= 0.6 is 11.3 Å². The van der Waals surface area contributed by atoms with Crippen molar-refractivity contribution in [1.82, 2.24) is 9.88 Å². The van der Waals surface area contributed by atoms with Crippen LogP contribution in [0, 0.1) is 0 Å². The molecule has 1 saturated heterocycles. The number of cyclic esters (lactones) is 1. The lowest BCUT2D eigenvalue weighted by Crippen LogP contribution is -2.30. The maximum absolute atomic E-state index is 11.5. The van der Waals surface area contributed by atoms with Crippen molar-refractivity contribution in [3.8, 4) is 23.1 Å².